The summed E-state index contributed by atoms with van der Waals surface area (Å²) in [6.45, 7) is 0. The summed E-state index contributed by atoms with van der Waals surface area (Å²) in [4.78, 5) is 3.28. The van der Waals surface area contributed by atoms with Crippen LogP contribution in [0, 0.1) is 5.41 Å². The molecule has 74 valence electrons. The Morgan fingerprint density at radius 2 is 2.00 bits per heavy atom. The molecule has 1 aromatic rings. The molecule has 0 aliphatic heterocycles. The molecule has 0 aromatic heterocycles. The maximum absolute atomic E-state index is 12.3. The molecular formula is C8H4ClF3N2. The van der Waals surface area contributed by atoms with Crippen LogP contribution in [-0.2, 0) is 6.18 Å². The Hall–Kier alpha value is -1.32. The van der Waals surface area contributed by atoms with Gasteiger partial charge in [0.15, 0.2) is 0 Å². The van der Waals surface area contributed by atoms with Crippen LogP contribution in [-0.4, -0.2) is 6.01 Å². The van der Waals surface area contributed by atoms with Gasteiger partial charge in [-0.1, -0.05) is 11.6 Å². The van der Waals surface area contributed by atoms with Crippen LogP contribution in [0.4, 0.5) is 18.9 Å². The molecule has 0 heterocycles. The monoisotopic (exact) mass is 220 g/mol. The molecule has 0 unspecified atom stereocenters. The Balaban J connectivity index is 3.28. The van der Waals surface area contributed by atoms with E-state index < -0.39 is 11.7 Å². The van der Waals surface area contributed by atoms with Crippen molar-refractivity contribution in [3.63, 3.8) is 0 Å². The fourth-order valence-corrected chi connectivity index (χ4v) is 1.09. The van der Waals surface area contributed by atoms with Gasteiger partial charge in [-0.2, -0.15) is 18.2 Å². The van der Waals surface area contributed by atoms with Crippen molar-refractivity contribution in [1.29, 1.82) is 5.41 Å². The van der Waals surface area contributed by atoms with E-state index in [4.69, 9.17) is 17.0 Å². The molecule has 0 saturated heterocycles. The van der Waals surface area contributed by atoms with Crippen LogP contribution in [0.3, 0.4) is 0 Å². The topological polar surface area (TPSA) is 36.2 Å². The summed E-state index contributed by atoms with van der Waals surface area (Å²) >= 11 is 5.35. The van der Waals surface area contributed by atoms with E-state index in [1.807, 2.05) is 0 Å². The maximum atomic E-state index is 12.3. The van der Waals surface area contributed by atoms with Crippen LogP contribution >= 0.6 is 11.6 Å². The van der Waals surface area contributed by atoms with Gasteiger partial charge in [-0.3, -0.25) is 0 Å². The summed E-state index contributed by atoms with van der Waals surface area (Å²) in [5.74, 6) is 0. The van der Waals surface area contributed by atoms with E-state index >= 15 is 0 Å². The smallest absolute Gasteiger partial charge is 0.241 e. The average Bonchev–Trinajstić information content (AvgIpc) is 2.07. The van der Waals surface area contributed by atoms with E-state index in [0.29, 0.717) is 0 Å². The van der Waals surface area contributed by atoms with Crippen LogP contribution in [0.25, 0.3) is 0 Å². The van der Waals surface area contributed by atoms with Crippen molar-refractivity contribution in [1.82, 2.24) is 0 Å². The predicted octanol–water partition coefficient (Wildman–Crippen LogP) is 3.74. The van der Waals surface area contributed by atoms with E-state index in [9.17, 15) is 13.2 Å². The Bertz CT molecular complexity index is 394. The van der Waals surface area contributed by atoms with Crippen LogP contribution < -0.4 is 0 Å². The summed E-state index contributed by atoms with van der Waals surface area (Å²) in [5, 5.41) is 6.10. The second kappa shape index (κ2) is 3.82. The molecule has 6 heteroatoms. The first-order valence-corrected chi connectivity index (χ1v) is 3.82. The van der Waals surface area contributed by atoms with Crippen LogP contribution in [0.2, 0.25) is 5.02 Å². The van der Waals surface area contributed by atoms with Gasteiger partial charge in [0, 0.05) is 0 Å². The fourth-order valence-electron chi connectivity index (χ4n) is 0.865. The number of rotatable bonds is 1. The largest absolute Gasteiger partial charge is 0.417 e. The first-order valence-electron chi connectivity index (χ1n) is 3.44. The summed E-state index contributed by atoms with van der Waals surface area (Å²) in [7, 11) is 0. The molecule has 0 radical (unpaired) electrons. The van der Waals surface area contributed by atoms with Crippen LogP contribution in [0.5, 0.6) is 0 Å². The molecule has 0 atom stereocenters. The Kier molecular flexibility index (Phi) is 2.93. The van der Waals surface area contributed by atoms with Gasteiger partial charge >= 0.3 is 6.18 Å². The van der Waals surface area contributed by atoms with E-state index in [1.54, 1.807) is 6.01 Å². The third kappa shape index (κ3) is 2.34. The minimum atomic E-state index is -4.51. The number of benzene rings is 1. The highest BCUT2D eigenvalue weighted by molar-refractivity contribution is 6.31. The Labute approximate surface area is 82.5 Å². The van der Waals surface area contributed by atoms with Gasteiger partial charge in [-0.05, 0) is 18.2 Å². The van der Waals surface area contributed by atoms with Crippen molar-refractivity contribution in [3.8, 4) is 0 Å². The molecule has 1 N–H and O–H groups in total. The number of aliphatic imine (C=N–C) groups is 1. The number of nitrogens with zero attached hydrogens (tertiary/aromatic N) is 1. The SMILES string of the molecule is N=C=Nc1ccc(Cl)c(C(F)(F)F)c1. The highest BCUT2D eigenvalue weighted by Gasteiger charge is 2.33. The van der Waals surface area contributed by atoms with Gasteiger partial charge < -0.3 is 0 Å². The van der Waals surface area contributed by atoms with Crippen molar-refractivity contribution in [2.45, 2.75) is 6.18 Å². The van der Waals surface area contributed by atoms with Crippen LogP contribution in [0.15, 0.2) is 23.2 Å². The average molecular weight is 221 g/mol. The molecule has 0 saturated carbocycles. The molecule has 0 spiro atoms. The molecule has 0 bridgehead atoms. The molecule has 0 aliphatic carbocycles. The summed E-state index contributed by atoms with van der Waals surface area (Å²) in [6, 6.07) is 4.78. The Morgan fingerprint density at radius 1 is 1.36 bits per heavy atom. The zero-order valence-corrected chi connectivity index (χ0v) is 7.45. The van der Waals surface area contributed by atoms with E-state index in [1.165, 1.54) is 6.07 Å². The first-order chi connectivity index (χ1) is 6.45. The number of halogens is 4. The molecule has 1 rings (SSSR count). The molecule has 2 nitrogen and oxygen atoms in total. The predicted molar refractivity (Wildman–Crippen MR) is 46.3 cm³/mol. The van der Waals surface area contributed by atoms with Gasteiger partial charge in [-0.25, -0.2) is 5.41 Å². The number of hydrogen-bond donors (Lipinski definition) is 1. The number of hydrogen-bond acceptors (Lipinski definition) is 2. The third-order valence-electron chi connectivity index (χ3n) is 1.44. The fraction of sp³-hybridized carbons (Fsp3) is 0.125. The second-order valence-electron chi connectivity index (χ2n) is 2.39. The lowest BCUT2D eigenvalue weighted by atomic mass is 10.2. The molecular weight excluding hydrogens is 217 g/mol. The van der Waals surface area contributed by atoms with Gasteiger partial charge in [0.1, 0.15) is 0 Å². The van der Waals surface area contributed by atoms with Gasteiger partial charge in [0.05, 0.1) is 22.3 Å². The minimum Gasteiger partial charge on any atom is -0.241 e. The lowest BCUT2D eigenvalue weighted by molar-refractivity contribution is -0.137. The molecule has 0 aliphatic rings. The molecule has 0 fully saturated rings. The molecule has 0 amide bonds. The van der Waals surface area contributed by atoms with E-state index in [2.05, 4.69) is 4.99 Å². The van der Waals surface area contributed by atoms with Crippen molar-refractivity contribution >= 4 is 23.3 Å². The lowest BCUT2D eigenvalue weighted by Crippen LogP contribution is -2.05. The highest BCUT2D eigenvalue weighted by atomic mass is 35.5. The van der Waals surface area contributed by atoms with Crippen LogP contribution in [0.1, 0.15) is 5.56 Å². The lowest BCUT2D eigenvalue weighted by Gasteiger charge is -2.08. The normalized spacial score (nSPS) is 10.9. The minimum absolute atomic E-state index is 0.00303. The van der Waals surface area contributed by atoms with Crippen molar-refractivity contribution in [2.24, 2.45) is 4.99 Å². The van der Waals surface area contributed by atoms with E-state index in [0.717, 1.165) is 12.1 Å². The van der Waals surface area contributed by atoms with Gasteiger partial charge in [0.2, 0.25) is 0 Å². The second-order valence-corrected chi connectivity index (χ2v) is 2.79. The highest BCUT2D eigenvalue weighted by Crippen LogP contribution is 2.36. The maximum Gasteiger partial charge on any atom is 0.417 e. The summed E-state index contributed by atoms with van der Waals surface area (Å²) in [5.41, 5.74) is -0.965. The van der Waals surface area contributed by atoms with Crippen molar-refractivity contribution in [3.05, 3.63) is 28.8 Å². The third-order valence-corrected chi connectivity index (χ3v) is 1.77. The zero-order valence-electron chi connectivity index (χ0n) is 6.69. The molecule has 1 aromatic carbocycles. The number of alkyl halides is 3. The zero-order chi connectivity index (χ0) is 10.8. The number of nitrogens with one attached hydrogen (secondary N) is 1. The van der Waals surface area contributed by atoms with Gasteiger partial charge in [0.25, 0.3) is 0 Å². The standard InChI is InChI=1S/C8H4ClF3N2/c9-7-2-1-5(14-4-13)3-6(7)8(10,11)12/h1-3,13H. The first kappa shape index (κ1) is 10.8. The van der Waals surface area contributed by atoms with Crippen molar-refractivity contribution < 1.29 is 13.2 Å². The van der Waals surface area contributed by atoms with E-state index in [-0.39, 0.29) is 10.7 Å². The van der Waals surface area contributed by atoms with Gasteiger partial charge in [-0.15, -0.1) is 0 Å². The quantitative estimate of drug-likeness (QED) is 0.700. The summed E-state index contributed by atoms with van der Waals surface area (Å²) in [6.07, 6.45) is -4.51. The molecule has 14 heavy (non-hydrogen) atoms. The Morgan fingerprint density at radius 3 is 2.50 bits per heavy atom. The van der Waals surface area contributed by atoms with Crippen molar-refractivity contribution in [2.75, 3.05) is 0 Å². The summed E-state index contributed by atoms with van der Waals surface area (Å²) < 4.78 is 36.8.